The van der Waals surface area contributed by atoms with Gasteiger partial charge in [0, 0.05) is 0 Å². The number of hydrogen-bond acceptors (Lipinski definition) is 7. The van der Waals surface area contributed by atoms with E-state index in [1.165, 1.54) is 25.6 Å². The molecule has 3 aromatic rings. The molecule has 0 radical (unpaired) electrons. The molecule has 0 spiro atoms. The Kier molecular flexibility index (Phi) is 6.20. The number of hydrogen-bond donors (Lipinski definition) is 0. The van der Waals surface area contributed by atoms with E-state index in [-0.39, 0.29) is 5.56 Å². The van der Waals surface area contributed by atoms with Crippen molar-refractivity contribution in [2.24, 2.45) is 4.99 Å². The predicted molar refractivity (Wildman–Crippen MR) is 127 cm³/mol. The summed E-state index contributed by atoms with van der Waals surface area (Å²) in [5.74, 6) is 0.507. The van der Waals surface area contributed by atoms with E-state index in [9.17, 15) is 9.59 Å². The zero-order chi connectivity index (χ0) is 23.7. The van der Waals surface area contributed by atoms with Crippen molar-refractivity contribution in [1.82, 2.24) is 4.57 Å². The van der Waals surface area contributed by atoms with E-state index in [0.29, 0.717) is 37.7 Å². The normalized spacial score (nSPS) is 15.7. The summed E-state index contributed by atoms with van der Waals surface area (Å²) in [6, 6.07) is 12.5. The van der Waals surface area contributed by atoms with Gasteiger partial charge in [-0.25, -0.2) is 9.79 Å². The van der Waals surface area contributed by atoms with Crippen LogP contribution in [-0.4, -0.2) is 31.9 Å². The molecular weight excluding hydrogens is 440 g/mol. The minimum absolute atomic E-state index is 0.229. The summed E-state index contributed by atoms with van der Waals surface area (Å²) in [5, 5.41) is 0. The zero-order valence-electron chi connectivity index (χ0n) is 19.0. The molecule has 33 heavy (non-hydrogen) atoms. The number of fused-ring (bicyclic) bond motifs is 1. The van der Waals surface area contributed by atoms with Crippen LogP contribution in [-0.2, 0) is 9.53 Å². The van der Waals surface area contributed by atoms with Crippen LogP contribution >= 0.6 is 11.3 Å². The molecule has 4 rings (SSSR count). The van der Waals surface area contributed by atoms with Gasteiger partial charge in [0.05, 0.1) is 43.2 Å². The summed E-state index contributed by atoms with van der Waals surface area (Å²) in [6.45, 7) is 3.76. The quantitative estimate of drug-likeness (QED) is 0.543. The van der Waals surface area contributed by atoms with Gasteiger partial charge in [0.25, 0.3) is 5.56 Å². The maximum atomic E-state index is 13.6. The Bertz CT molecular complexity index is 1430. The van der Waals surface area contributed by atoms with E-state index in [1.807, 2.05) is 43.3 Å². The maximum Gasteiger partial charge on any atom is 0.338 e. The van der Waals surface area contributed by atoms with E-state index in [1.54, 1.807) is 30.7 Å². The Labute approximate surface area is 194 Å². The van der Waals surface area contributed by atoms with Crippen molar-refractivity contribution in [3.05, 3.63) is 90.1 Å². The molecule has 0 aliphatic carbocycles. The van der Waals surface area contributed by atoms with Gasteiger partial charge in [0.15, 0.2) is 16.3 Å². The maximum absolute atomic E-state index is 13.6. The van der Waals surface area contributed by atoms with E-state index in [4.69, 9.17) is 14.2 Å². The van der Waals surface area contributed by atoms with Gasteiger partial charge in [-0.2, -0.15) is 0 Å². The van der Waals surface area contributed by atoms with Crippen LogP contribution in [0.15, 0.2) is 63.5 Å². The van der Waals surface area contributed by atoms with Gasteiger partial charge < -0.3 is 14.2 Å². The predicted octanol–water partition coefficient (Wildman–Crippen LogP) is 2.73. The number of esters is 1. The van der Waals surface area contributed by atoms with E-state index in [0.717, 1.165) is 11.1 Å². The number of carbonyl (C=O) groups excluding carboxylic acids is 1. The molecule has 0 fully saturated rings. The number of carbonyl (C=O) groups is 1. The molecule has 0 amide bonds. The molecule has 1 aliphatic rings. The van der Waals surface area contributed by atoms with Gasteiger partial charge in [0.2, 0.25) is 0 Å². The van der Waals surface area contributed by atoms with Gasteiger partial charge in [-0.15, -0.1) is 0 Å². The van der Waals surface area contributed by atoms with E-state index in [2.05, 4.69) is 4.99 Å². The van der Waals surface area contributed by atoms with Crippen LogP contribution in [0.25, 0.3) is 6.08 Å². The van der Waals surface area contributed by atoms with Gasteiger partial charge in [-0.05, 0) is 43.2 Å². The third-order valence-electron chi connectivity index (χ3n) is 5.53. The second-order valence-electron chi connectivity index (χ2n) is 7.60. The van der Waals surface area contributed by atoms with Crippen LogP contribution in [0.3, 0.4) is 0 Å². The number of nitrogens with zero attached hydrogens (tertiary/aromatic N) is 2. The van der Waals surface area contributed by atoms with Crippen LogP contribution in [0, 0.1) is 6.92 Å². The highest BCUT2D eigenvalue weighted by molar-refractivity contribution is 7.07. The highest BCUT2D eigenvalue weighted by Crippen LogP contribution is 2.35. The van der Waals surface area contributed by atoms with Crippen LogP contribution in [0.5, 0.6) is 11.5 Å². The number of methoxy groups -OCH3 is 3. The van der Waals surface area contributed by atoms with Crippen molar-refractivity contribution < 1.29 is 19.0 Å². The summed E-state index contributed by atoms with van der Waals surface area (Å²) < 4.78 is 17.9. The molecule has 2 heterocycles. The molecule has 1 atom stereocenters. The first-order chi connectivity index (χ1) is 15.9. The van der Waals surface area contributed by atoms with Crippen LogP contribution in [0.2, 0.25) is 0 Å². The van der Waals surface area contributed by atoms with Crippen molar-refractivity contribution >= 4 is 23.4 Å². The van der Waals surface area contributed by atoms with E-state index < -0.39 is 12.0 Å². The van der Waals surface area contributed by atoms with Gasteiger partial charge >= 0.3 is 5.97 Å². The number of ether oxygens (including phenoxy) is 3. The zero-order valence-corrected chi connectivity index (χ0v) is 19.9. The smallest absolute Gasteiger partial charge is 0.338 e. The highest BCUT2D eigenvalue weighted by Gasteiger charge is 2.33. The number of rotatable bonds is 5. The molecule has 0 N–H and O–H groups in total. The van der Waals surface area contributed by atoms with Crippen LogP contribution in [0.1, 0.15) is 29.7 Å². The van der Waals surface area contributed by atoms with Crippen molar-refractivity contribution in [3.63, 3.8) is 0 Å². The standard InChI is InChI=1S/C25H24N2O5S/c1-14-6-8-16(9-7-14)12-20-23(28)27-22(17-10-11-18(30-3)19(13-17)31-4)21(24(29)32-5)15(2)26-25(27)33-20/h6-13,22H,1-5H3. The minimum Gasteiger partial charge on any atom is -0.493 e. The minimum atomic E-state index is -0.714. The van der Waals surface area contributed by atoms with Crippen LogP contribution < -0.4 is 24.4 Å². The Morgan fingerprint density at radius 1 is 1.03 bits per heavy atom. The molecule has 170 valence electrons. The van der Waals surface area contributed by atoms with Crippen molar-refractivity contribution in [1.29, 1.82) is 0 Å². The molecule has 1 aliphatic heterocycles. The lowest BCUT2D eigenvalue weighted by atomic mass is 9.95. The highest BCUT2D eigenvalue weighted by atomic mass is 32.1. The molecule has 1 aromatic heterocycles. The molecule has 7 nitrogen and oxygen atoms in total. The molecular formula is C25H24N2O5S. The molecule has 1 unspecified atom stereocenters. The molecule has 8 heteroatoms. The first-order valence-corrected chi connectivity index (χ1v) is 11.1. The summed E-state index contributed by atoms with van der Waals surface area (Å²) in [7, 11) is 4.41. The summed E-state index contributed by atoms with van der Waals surface area (Å²) in [4.78, 5) is 31.4. The fraction of sp³-hybridized carbons (Fsp3) is 0.240. The molecule has 0 bridgehead atoms. The van der Waals surface area contributed by atoms with Crippen molar-refractivity contribution in [2.75, 3.05) is 21.3 Å². The number of aryl methyl sites for hydroxylation is 1. The summed E-state index contributed by atoms with van der Waals surface area (Å²) in [5.41, 5.74) is 3.32. The number of aromatic nitrogens is 1. The third kappa shape index (κ3) is 4.09. The average molecular weight is 465 g/mol. The largest absolute Gasteiger partial charge is 0.493 e. The summed E-state index contributed by atoms with van der Waals surface area (Å²) in [6.07, 6.45) is 1.84. The third-order valence-corrected chi connectivity index (χ3v) is 6.51. The number of thiazole rings is 1. The monoisotopic (exact) mass is 464 g/mol. The lowest BCUT2D eigenvalue weighted by Crippen LogP contribution is -2.39. The van der Waals surface area contributed by atoms with Gasteiger partial charge in [-0.1, -0.05) is 47.2 Å². The van der Waals surface area contributed by atoms with Crippen LogP contribution in [0.4, 0.5) is 0 Å². The van der Waals surface area contributed by atoms with Crippen molar-refractivity contribution in [3.8, 4) is 11.5 Å². The molecule has 0 saturated carbocycles. The average Bonchev–Trinajstić information content (AvgIpc) is 3.13. The second kappa shape index (κ2) is 9.07. The first-order valence-electron chi connectivity index (χ1n) is 10.3. The van der Waals surface area contributed by atoms with Gasteiger partial charge in [-0.3, -0.25) is 9.36 Å². The van der Waals surface area contributed by atoms with Gasteiger partial charge in [0.1, 0.15) is 0 Å². The van der Waals surface area contributed by atoms with Crippen molar-refractivity contribution in [2.45, 2.75) is 19.9 Å². The van der Waals surface area contributed by atoms with E-state index >= 15 is 0 Å². The fourth-order valence-corrected chi connectivity index (χ4v) is 4.89. The molecule has 2 aromatic carbocycles. The Morgan fingerprint density at radius 3 is 2.36 bits per heavy atom. The lowest BCUT2D eigenvalue weighted by Gasteiger charge is -2.25. The second-order valence-corrected chi connectivity index (χ2v) is 8.61. The Balaban J connectivity index is 1.97. The first kappa shape index (κ1) is 22.5. The fourth-order valence-electron chi connectivity index (χ4n) is 3.84. The Morgan fingerprint density at radius 2 is 1.73 bits per heavy atom. The SMILES string of the molecule is COC(=O)C1=C(C)N=c2sc(=Cc3ccc(C)cc3)c(=O)n2C1c1ccc(OC)c(OC)c1. The topological polar surface area (TPSA) is 79.1 Å². The number of benzene rings is 2. The summed E-state index contributed by atoms with van der Waals surface area (Å²) >= 11 is 1.29. The number of allylic oxidation sites excluding steroid dienone is 1. The molecule has 0 saturated heterocycles. The lowest BCUT2D eigenvalue weighted by molar-refractivity contribution is -0.136. The Hall–Kier alpha value is -3.65.